The lowest BCUT2D eigenvalue weighted by Gasteiger charge is -2.31. The minimum atomic E-state index is 0.406. The Bertz CT molecular complexity index is 494. The van der Waals surface area contributed by atoms with Crippen molar-refractivity contribution >= 4 is 23.4 Å². The van der Waals surface area contributed by atoms with Crippen molar-refractivity contribution in [3.63, 3.8) is 0 Å². The van der Waals surface area contributed by atoms with Gasteiger partial charge in [-0.3, -0.25) is 0 Å². The summed E-state index contributed by atoms with van der Waals surface area (Å²) >= 11 is 1.44. The highest BCUT2D eigenvalue weighted by Gasteiger charge is 2.18. The molecule has 118 valence electrons. The van der Waals surface area contributed by atoms with Crippen LogP contribution in [-0.4, -0.2) is 41.9 Å². The molecular formula is C16H23N5S. The highest BCUT2D eigenvalue weighted by Crippen LogP contribution is 2.27. The van der Waals surface area contributed by atoms with Crippen LogP contribution in [0.15, 0.2) is 11.2 Å². The number of nitriles is 1. The maximum Gasteiger partial charge on any atom is 0.192 e. The fourth-order valence-electron chi connectivity index (χ4n) is 3.13. The number of rotatable bonds is 4. The van der Waals surface area contributed by atoms with Crippen molar-refractivity contribution in [2.45, 2.75) is 43.7 Å². The Morgan fingerprint density at radius 1 is 0.909 bits per heavy atom. The molecule has 0 bridgehead atoms. The van der Waals surface area contributed by atoms with E-state index in [4.69, 9.17) is 5.26 Å². The summed E-state index contributed by atoms with van der Waals surface area (Å²) < 4.78 is 0. The fourth-order valence-corrected chi connectivity index (χ4v) is 3.64. The zero-order chi connectivity index (χ0) is 15.2. The molecule has 0 aromatic carbocycles. The van der Waals surface area contributed by atoms with Gasteiger partial charge in [0.05, 0.1) is 11.8 Å². The molecule has 0 amide bonds. The molecule has 0 spiro atoms. The molecule has 0 aliphatic carbocycles. The summed E-state index contributed by atoms with van der Waals surface area (Å²) in [5, 5.41) is 9.56. The van der Waals surface area contributed by atoms with Gasteiger partial charge < -0.3 is 9.80 Å². The summed E-state index contributed by atoms with van der Waals surface area (Å²) in [6, 6.07) is 4.32. The molecule has 0 radical (unpaired) electrons. The Labute approximate surface area is 136 Å². The van der Waals surface area contributed by atoms with Gasteiger partial charge >= 0.3 is 0 Å². The van der Waals surface area contributed by atoms with E-state index in [2.05, 4.69) is 31.9 Å². The number of anilines is 2. The van der Waals surface area contributed by atoms with E-state index >= 15 is 0 Å². The van der Waals surface area contributed by atoms with Crippen LogP contribution < -0.4 is 9.80 Å². The third kappa shape index (κ3) is 3.83. The predicted molar refractivity (Wildman–Crippen MR) is 90.5 cm³/mol. The Morgan fingerprint density at radius 2 is 1.41 bits per heavy atom. The quantitative estimate of drug-likeness (QED) is 0.628. The van der Waals surface area contributed by atoms with Crippen molar-refractivity contribution in [2.24, 2.45) is 0 Å². The maximum atomic E-state index is 8.82. The van der Waals surface area contributed by atoms with E-state index in [0.29, 0.717) is 5.75 Å². The summed E-state index contributed by atoms with van der Waals surface area (Å²) in [4.78, 5) is 14.1. The number of hydrogen-bond donors (Lipinski definition) is 0. The largest absolute Gasteiger partial charge is 0.356 e. The van der Waals surface area contributed by atoms with E-state index in [9.17, 15) is 0 Å². The monoisotopic (exact) mass is 317 g/mol. The molecular weight excluding hydrogens is 294 g/mol. The summed E-state index contributed by atoms with van der Waals surface area (Å²) in [5.41, 5.74) is 0. The lowest BCUT2D eigenvalue weighted by molar-refractivity contribution is 0.563. The van der Waals surface area contributed by atoms with Gasteiger partial charge in [0.25, 0.3) is 0 Å². The number of nitrogens with zero attached hydrogens (tertiary/aromatic N) is 5. The first-order chi connectivity index (χ1) is 10.9. The van der Waals surface area contributed by atoms with Gasteiger partial charge in [-0.1, -0.05) is 11.8 Å². The van der Waals surface area contributed by atoms with Crippen LogP contribution in [0.25, 0.3) is 0 Å². The fraction of sp³-hybridized carbons (Fsp3) is 0.688. The standard InChI is InChI=1S/C16H23N5S/c17-7-12-22-16-18-14(20-8-3-1-4-9-20)13-15(19-16)21-10-5-2-6-11-21/h13H,1-6,8-12H2. The molecule has 2 aliphatic heterocycles. The molecule has 0 N–H and O–H groups in total. The molecule has 3 rings (SSSR count). The van der Waals surface area contributed by atoms with Crippen molar-refractivity contribution in [1.29, 1.82) is 5.26 Å². The van der Waals surface area contributed by atoms with Gasteiger partial charge in [0.2, 0.25) is 0 Å². The first kappa shape index (κ1) is 15.4. The predicted octanol–water partition coefficient (Wildman–Crippen LogP) is 3.07. The SMILES string of the molecule is N#CCSc1nc(N2CCCCC2)cc(N2CCCCC2)n1. The molecule has 0 atom stereocenters. The van der Waals surface area contributed by atoms with E-state index in [1.165, 1.54) is 50.3 Å². The maximum absolute atomic E-state index is 8.82. The molecule has 2 saturated heterocycles. The molecule has 0 saturated carbocycles. The minimum absolute atomic E-state index is 0.406. The van der Waals surface area contributed by atoms with Crippen LogP contribution in [0.1, 0.15) is 38.5 Å². The van der Waals surface area contributed by atoms with Crippen LogP contribution >= 0.6 is 11.8 Å². The van der Waals surface area contributed by atoms with Crippen LogP contribution in [0.3, 0.4) is 0 Å². The lowest BCUT2D eigenvalue weighted by atomic mass is 10.1. The molecule has 1 aromatic rings. The average Bonchev–Trinajstić information content (AvgIpc) is 2.61. The molecule has 2 fully saturated rings. The van der Waals surface area contributed by atoms with Crippen molar-refractivity contribution in [2.75, 3.05) is 41.7 Å². The van der Waals surface area contributed by atoms with Crippen molar-refractivity contribution < 1.29 is 0 Å². The van der Waals surface area contributed by atoms with Gasteiger partial charge in [0, 0.05) is 32.2 Å². The van der Waals surface area contributed by atoms with Gasteiger partial charge in [-0.2, -0.15) is 5.26 Å². The van der Waals surface area contributed by atoms with Crippen LogP contribution in [-0.2, 0) is 0 Å². The third-order valence-corrected chi connectivity index (χ3v) is 5.02. The molecule has 2 aliphatic rings. The summed E-state index contributed by atoms with van der Waals surface area (Å²) in [5.74, 6) is 2.48. The number of hydrogen-bond acceptors (Lipinski definition) is 6. The van der Waals surface area contributed by atoms with E-state index in [0.717, 1.165) is 43.0 Å². The summed E-state index contributed by atoms with van der Waals surface area (Å²) in [6.45, 7) is 4.33. The second-order valence-electron chi connectivity index (χ2n) is 5.91. The van der Waals surface area contributed by atoms with E-state index in [1.807, 2.05) is 0 Å². The second-order valence-corrected chi connectivity index (χ2v) is 6.85. The molecule has 5 nitrogen and oxygen atoms in total. The Morgan fingerprint density at radius 3 is 1.86 bits per heavy atom. The Balaban J connectivity index is 1.85. The van der Waals surface area contributed by atoms with Crippen LogP contribution in [0.2, 0.25) is 0 Å². The van der Waals surface area contributed by atoms with Crippen LogP contribution in [0.4, 0.5) is 11.6 Å². The van der Waals surface area contributed by atoms with Crippen LogP contribution in [0, 0.1) is 11.3 Å². The van der Waals surface area contributed by atoms with Gasteiger partial charge in [-0.05, 0) is 38.5 Å². The normalized spacial score (nSPS) is 19.0. The molecule has 6 heteroatoms. The first-order valence-corrected chi connectivity index (χ1v) is 9.24. The Kier molecular flexibility index (Phi) is 5.38. The highest BCUT2D eigenvalue weighted by molar-refractivity contribution is 7.99. The molecule has 3 heterocycles. The number of piperidine rings is 2. The highest BCUT2D eigenvalue weighted by atomic mass is 32.2. The minimum Gasteiger partial charge on any atom is -0.356 e. The summed E-state index contributed by atoms with van der Waals surface area (Å²) in [6.07, 6.45) is 7.59. The van der Waals surface area contributed by atoms with Gasteiger partial charge in [0.15, 0.2) is 5.16 Å². The topological polar surface area (TPSA) is 56.1 Å². The zero-order valence-electron chi connectivity index (χ0n) is 13.0. The average molecular weight is 317 g/mol. The number of aromatic nitrogens is 2. The van der Waals surface area contributed by atoms with E-state index in [1.54, 1.807) is 0 Å². The first-order valence-electron chi connectivity index (χ1n) is 8.25. The van der Waals surface area contributed by atoms with Gasteiger partial charge in [-0.25, -0.2) is 9.97 Å². The third-order valence-electron chi connectivity index (χ3n) is 4.30. The van der Waals surface area contributed by atoms with Crippen molar-refractivity contribution in [1.82, 2.24) is 9.97 Å². The molecule has 22 heavy (non-hydrogen) atoms. The van der Waals surface area contributed by atoms with Crippen molar-refractivity contribution in [3.8, 4) is 6.07 Å². The zero-order valence-corrected chi connectivity index (χ0v) is 13.8. The van der Waals surface area contributed by atoms with Gasteiger partial charge in [-0.15, -0.1) is 0 Å². The summed E-state index contributed by atoms with van der Waals surface area (Å²) in [7, 11) is 0. The second kappa shape index (κ2) is 7.68. The smallest absolute Gasteiger partial charge is 0.192 e. The number of thioether (sulfide) groups is 1. The van der Waals surface area contributed by atoms with Crippen molar-refractivity contribution in [3.05, 3.63) is 6.07 Å². The Hall–Kier alpha value is -1.48. The van der Waals surface area contributed by atoms with Crippen LogP contribution in [0.5, 0.6) is 0 Å². The molecule has 0 unspecified atom stereocenters. The van der Waals surface area contributed by atoms with Gasteiger partial charge in [0.1, 0.15) is 11.6 Å². The lowest BCUT2D eigenvalue weighted by Crippen LogP contribution is -2.33. The van der Waals surface area contributed by atoms with E-state index in [-0.39, 0.29) is 0 Å². The molecule has 1 aromatic heterocycles. The van der Waals surface area contributed by atoms with E-state index < -0.39 is 0 Å².